The largest absolute Gasteiger partial charge is 0.457 e. The van der Waals surface area contributed by atoms with Crippen LogP contribution in [0.3, 0.4) is 0 Å². The monoisotopic (exact) mass is 349 g/mol. The Morgan fingerprint density at radius 1 is 1.08 bits per heavy atom. The first kappa shape index (κ1) is 16.0. The molecule has 0 aliphatic heterocycles. The molecule has 4 aromatic rings. The van der Waals surface area contributed by atoms with Gasteiger partial charge in [0.05, 0.1) is 17.0 Å². The number of nitro groups is 1. The van der Waals surface area contributed by atoms with Crippen molar-refractivity contribution in [3.05, 3.63) is 82.1 Å². The topological polar surface area (TPSA) is 94.3 Å². The quantitative estimate of drug-likeness (QED) is 0.437. The first-order chi connectivity index (χ1) is 12.7. The highest BCUT2D eigenvalue weighted by Crippen LogP contribution is 2.30. The molecule has 0 atom stereocenters. The Hall–Kier alpha value is -3.45. The lowest BCUT2D eigenvalue weighted by molar-refractivity contribution is -0.384. The molecular formula is C19H15N3O4. The Morgan fingerprint density at radius 2 is 1.85 bits per heavy atom. The maximum absolute atomic E-state index is 10.8. The summed E-state index contributed by atoms with van der Waals surface area (Å²) in [6.45, 7) is 0.313. The number of furan rings is 1. The average molecular weight is 349 g/mol. The molecule has 130 valence electrons. The first-order valence-corrected chi connectivity index (χ1v) is 8.04. The van der Waals surface area contributed by atoms with E-state index < -0.39 is 4.92 Å². The molecule has 26 heavy (non-hydrogen) atoms. The molecule has 2 heterocycles. The van der Waals surface area contributed by atoms with Crippen molar-refractivity contribution in [2.24, 2.45) is 0 Å². The van der Waals surface area contributed by atoms with Crippen LogP contribution in [0.5, 0.6) is 0 Å². The van der Waals surface area contributed by atoms with E-state index >= 15 is 0 Å². The van der Waals surface area contributed by atoms with Crippen LogP contribution in [0.15, 0.2) is 65.1 Å². The first-order valence-electron chi connectivity index (χ1n) is 8.04. The number of nitrogens with zero attached hydrogens (tertiary/aromatic N) is 3. The third-order valence-electron chi connectivity index (χ3n) is 4.19. The van der Waals surface area contributed by atoms with Crippen molar-refractivity contribution in [2.75, 3.05) is 0 Å². The minimum atomic E-state index is -0.416. The molecule has 0 aliphatic rings. The Morgan fingerprint density at radius 3 is 2.54 bits per heavy atom. The highest BCUT2D eigenvalue weighted by molar-refractivity contribution is 5.92. The molecule has 1 N–H and O–H groups in total. The van der Waals surface area contributed by atoms with E-state index in [9.17, 15) is 15.2 Å². The van der Waals surface area contributed by atoms with Gasteiger partial charge in [-0.15, -0.1) is 0 Å². The van der Waals surface area contributed by atoms with E-state index in [1.54, 1.807) is 24.3 Å². The Bertz CT molecular complexity index is 1080. The fourth-order valence-corrected chi connectivity index (χ4v) is 2.92. The van der Waals surface area contributed by atoms with Crippen molar-refractivity contribution in [1.82, 2.24) is 9.78 Å². The highest BCUT2D eigenvalue weighted by Gasteiger charge is 2.15. The van der Waals surface area contributed by atoms with Gasteiger partial charge in [-0.25, -0.2) is 0 Å². The maximum atomic E-state index is 10.8. The van der Waals surface area contributed by atoms with Crippen molar-refractivity contribution in [1.29, 1.82) is 0 Å². The van der Waals surface area contributed by atoms with Gasteiger partial charge in [-0.2, -0.15) is 5.10 Å². The second-order valence-electron chi connectivity index (χ2n) is 5.87. The van der Waals surface area contributed by atoms with Crippen molar-refractivity contribution in [3.63, 3.8) is 0 Å². The highest BCUT2D eigenvalue weighted by atomic mass is 16.6. The van der Waals surface area contributed by atoms with Gasteiger partial charge in [0, 0.05) is 17.5 Å². The smallest absolute Gasteiger partial charge is 0.269 e. The SMILES string of the molecule is O=[N+]([O-])c1ccc(Cn2nc(-c3ccc(CO)o3)c3ccccc32)cc1. The molecule has 0 amide bonds. The fourth-order valence-electron chi connectivity index (χ4n) is 2.92. The molecular weight excluding hydrogens is 334 g/mol. The normalized spacial score (nSPS) is 11.1. The van der Waals surface area contributed by atoms with Crippen molar-refractivity contribution >= 4 is 16.6 Å². The molecule has 7 heteroatoms. The minimum absolute atomic E-state index is 0.0619. The van der Waals surface area contributed by atoms with Crippen LogP contribution in [0.25, 0.3) is 22.4 Å². The summed E-state index contributed by atoms with van der Waals surface area (Å²) in [7, 11) is 0. The van der Waals surface area contributed by atoms with Crippen molar-refractivity contribution in [2.45, 2.75) is 13.2 Å². The van der Waals surface area contributed by atoms with Gasteiger partial charge >= 0.3 is 0 Å². The van der Waals surface area contributed by atoms with Gasteiger partial charge < -0.3 is 9.52 Å². The van der Waals surface area contributed by atoms with E-state index in [0.717, 1.165) is 16.5 Å². The Labute approximate surface area is 148 Å². The van der Waals surface area contributed by atoms with E-state index in [0.29, 0.717) is 23.8 Å². The van der Waals surface area contributed by atoms with Gasteiger partial charge in [0.25, 0.3) is 5.69 Å². The predicted octanol–water partition coefficient (Wildman–Crippen LogP) is 3.75. The third-order valence-corrected chi connectivity index (χ3v) is 4.19. The lowest BCUT2D eigenvalue weighted by Crippen LogP contribution is -2.01. The predicted molar refractivity (Wildman–Crippen MR) is 95.6 cm³/mol. The van der Waals surface area contributed by atoms with Crippen LogP contribution in [0.1, 0.15) is 11.3 Å². The van der Waals surface area contributed by atoms with Gasteiger partial charge in [0.2, 0.25) is 0 Å². The number of para-hydroxylation sites is 1. The lowest BCUT2D eigenvalue weighted by Gasteiger charge is -2.03. The van der Waals surface area contributed by atoms with Crippen LogP contribution < -0.4 is 0 Å². The van der Waals surface area contributed by atoms with Gasteiger partial charge in [0.15, 0.2) is 5.76 Å². The lowest BCUT2D eigenvalue weighted by atomic mass is 10.1. The summed E-state index contributed by atoms with van der Waals surface area (Å²) in [4.78, 5) is 10.4. The van der Waals surface area contributed by atoms with Crippen LogP contribution in [0.2, 0.25) is 0 Å². The zero-order valence-electron chi connectivity index (χ0n) is 13.7. The summed E-state index contributed by atoms with van der Waals surface area (Å²) in [6.07, 6.45) is 0. The second kappa shape index (κ2) is 6.45. The van der Waals surface area contributed by atoms with Gasteiger partial charge in [-0.1, -0.05) is 30.3 Å². The van der Waals surface area contributed by atoms with E-state index in [1.165, 1.54) is 12.1 Å². The van der Waals surface area contributed by atoms with Crippen molar-refractivity contribution in [3.8, 4) is 11.5 Å². The molecule has 0 saturated carbocycles. The molecule has 0 aliphatic carbocycles. The maximum Gasteiger partial charge on any atom is 0.269 e. The number of aliphatic hydroxyl groups is 1. The van der Waals surface area contributed by atoms with Crippen molar-refractivity contribution < 1.29 is 14.4 Å². The van der Waals surface area contributed by atoms with Gasteiger partial charge in [-0.3, -0.25) is 14.8 Å². The summed E-state index contributed by atoms with van der Waals surface area (Å²) >= 11 is 0. The second-order valence-corrected chi connectivity index (χ2v) is 5.87. The Kier molecular flexibility index (Phi) is 3.98. The Balaban J connectivity index is 1.74. The number of aliphatic hydroxyl groups excluding tert-OH is 1. The van der Waals surface area contributed by atoms with E-state index in [4.69, 9.17) is 4.42 Å². The minimum Gasteiger partial charge on any atom is -0.457 e. The van der Waals surface area contributed by atoms with Crippen LogP contribution >= 0.6 is 0 Å². The molecule has 0 unspecified atom stereocenters. The zero-order valence-corrected chi connectivity index (χ0v) is 13.7. The van der Waals surface area contributed by atoms with Crippen LogP contribution in [0.4, 0.5) is 5.69 Å². The molecule has 0 bridgehead atoms. The van der Waals surface area contributed by atoms with Gasteiger partial charge in [-0.05, 0) is 23.8 Å². The van der Waals surface area contributed by atoms with Crippen LogP contribution in [0, 0.1) is 10.1 Å². The average Bonchev–Trinajstić information content (AvgIpc) is 3.27. The number of aromatic nitrogens is 2. The molecule has 0 fully saturated rings. The molecule has 7 nitrogen and oxygen atoms in total. The molecule has 0 spiro atoms. The number of non-ortho nitro benzene ring substituents is 1. The number of benzene rings is 2. The number of hydrogen-bond donors (Lipinski definition) is 1. The molecule has 0 radical (unpaired) electrons. The molecule has 2 aromatic heterocycles. The molecule has 2 aromatic carbocycles. The summed E-state index contributed by atoms with van der Waals surface area (Å²) in [5, 5.41) is 25.6. The summed E-state index contributed by atoms with van der Waals surface area (Å²) in [5.41, 5.74) is 2.60. The standard InChI is InChI=1S/C19H15N3O4/c23-12-15-9-10-18(26-15)19-16-3-1-2-4-17(16)21(20-19)11-13-5-7-14(8-6-13)22(24)25/h1-10,23H,11-12H2. The van der Waals surface area contributed by atoms with E-state index in [-0.39, 0.29) is 12.3 Å². The molecule has 0 saturated heterocycles. The third kappa shape index (κ3) is 2.84. The van der Waals surface area contributed by atoms with E-state index in [2.05, 4.69) is 5.10 Å². The van der Waals surface area contributed by atoms with Gasteiger partial charge in [0.1, 0.15) is 18.1 Å². The molecule has 4 rings (SSSR count). The summed E-state index contributed by atoms with van der Waals surface area (Å²) in [6, 6.07) is 17.7. The number of hydrogen-bond acceptors (Lipinski definition) is 5. The fraction of sp³-hybridized carbons (Fsp3) is 0.105. The summed E-state index contributed by atoms with van der Waals surface area (Å²) in [5.74, 6) is 1.07. The van der Waals surface area contributed by atoms with Crippen LogP contribution in [-0.2, 0) is 13.2 Å². The number of nitro benzene ring substituents is 1. The summed E-state index contributed by atoms with van der Waals surface area (Å²) < 4.78 is 7.47. The number of rotatable bonds is 5. The zero-order chi connectivity index (χ0) is 18.1. The number of fused-ring (bicyclic) bond motifs is 1. The van der Waals surface area contributed by atoms with Crippen LogP contribution in [-0.4, -0.2) is 19.8 Å². The van der Waals surface area contributed by atoms with E-state index in [1.807, 2.05) is 28.9 Å².